The molecule has 0 aliphatic rings. The molecule has 0 aliphatic carbocycles. The van der Waals surface area contributed by atoms with Crippen LogP contribution in [0.4, 0.5) is 5.69 Å². The second-order valence-electron chi connectivity index (χ2n) is 3.65. The van der Waals surface area contributed by atoms with Gasteiger partial charge in [-0.2, -0.15) is 0 Å². The summed E-state index contributed by atoms with van der Waals surface area (Å²) in [6.45, 7) is 3.11. The summed E-state index contributed by atoms with van der Waals surface area (Å²) in [4.78, 5) is 0. The summed E-state index contributed by atoms with van der Waals surface area (Å²) in [6, 6.07) is 5.08. The van der Waals surface area contributed by atoms with Crippen LogP contribution in [0.25, 0.3) is 0 Å². The summed E-state index contributed by atoms with van der Waals surface area (Å²) >= 11 is 3.30. The zero-order valence-electron chi connectivity index (χ0n) is 10.4. The lowest BCUT2D eigenvalue weighted by molar-refractivity contribution is 0.415. The number of hydrogen-bond acceptors (Lipinski definition) is 4. The fraction of sp³-hybridized carbons (Fsp3) is 0.455. The third-order valence-electron chi connectivity index (χ3n) is 2.18. The first-order valence-electron chi connectivity index (χ1n) is 5.52. The summed E-state index contributed by atoms with van der Waals surface area (Å²) in [7, 11) is -1.80. The first-order valence-corrected chi connectivity index (χ1v) is 7.97. The molecule has 2 N–H and O–H groups in total. The van der Waals surface area contributed by atoms with Gasteiger partial charge in [-0.1, -0.05) is 22.9 Å². The highest BCUT2D eigenvalue weighted by Gasteiger charge is 2.10. The molecule has 7 heteroatoms. The minimum atomic E-state index is -3.34. The minimum absolute atomic E-state index is 0.0374. The van der Waals surface area contributed by atoms with Crippen molar-refractivity contribution in [3.8, 4) is 5.75 Å². The van der Waals surface area contributed by atoms with Crippen LogP contribution in [-0.4, -0.2) is 34.4 Å². The lowest BCUT2D eigenvalue weighted by atomic mass is 10.3. The van der Waals surface area contributed by atoms with Crippen molar-refractivity contribution in [2.45, 2.75) is 6.92 Å². The summed E-state index contributed by atoms with van der Waals surface area (Å²) in [5, 5.41) is 2.97. The van der Waals surface area contributed by atoms with Crippen molar-refractivity contribution in [2.24, 2.45) is 0 Å². The molecule has 5 nitrogen and oxygen atoms in total. The minimum Gasteiger partial charge on any atom is -0.497 e. The maximum Gasteiger partial charge on any atom is 0.233 e. The first-order chi connectivity index (χ1) is 8.46. The molecule has 0 saturated heterocycles. The van der Waals surface area contributed by atoms with E-state index < -0.39 is 10.0 Å². The summed E-state index contributed by atoms with van der Waals surface area (Å²) in [5.41, 5.74) is 0.484. The maximum atomic E-state index is 11.8. The van der Waals surface area contributed by atoms with Gasteiger partial charge in [-0.15, -0.1) is 0 Å². The summed E-state index contributed by atoms with van der Waals surface area (Å²) < 4.78 is 31.9. The molecule has 0 bridgehead atoms. The third kappa shape index (κ3) is 5.24. The molecule has 0 heterocycles. The molecule has 0 radical (unpaired) electrons. The molecule has 1 aromatic rings. The molecule has 0 amide bonds. The van der Waals surface area contributed by atoms with Crippen LogP contribution in [0.15, 0.2) is 22.7 Å². The van der Waals surface area contributed by atoms with Crippen molar-refractivity contribution < 1.29 is 13.2 Å². The van der Waals surface area contributed by atoms with E-state index in [0.29, 0.717) is 18.0 Å². The second kappa shape index (κ2) is 6.96. The molecule has 0 saturated carbocycles. The molecule has 102 valence electrons. The first kappa shape index (κ1) is 15.3. The van der Waals surface area contributed by atoms with E-state index in [9.17, 15) is 8.42 Å². The van der Waals surface area contributed by atoms with E-state index >= 15 is 0 Å². The largest absolute Gasteiger partial charge is 0.497 e. The van der Waals surface area contributed by atoms with E-state index in [2.05, 4.69) is 26.0 Å². The van der Waals surface area contributed by atoms with E-state index in [4.69, 9.17) is 4.74 Å². The molecular formula is C11H17BrN2O3S. The van der Waals surface area contributed by atoms with Crippen LogP contribution in [0.5, 0.6) is 5.75 Å². The Morgan fingerprint density at radius 2 is 2.06 bits per heavy atom. The predicted octanol–water partition coefficient (Wildman–Crippen LogP) is 1.81. The molecule has 1 aromatic carbocycles. The number of nitrogens with one attached hydrogen (secondary N) is 2. The van der Waals surface area contributed by atoms with Crippen molar-refractivity contribution in [1.82, 2.24) is 5.32 Å². The molecular weight excluding hydrogens is 320 g/mol. The highest BCUT2D eigenvalue weighted by molar-refractivity contribution is 9.10. The number of sulfonamides is 1. The van der Waals surface area contributed by atoms with Gasteiger partial charge in [0.05, 0.1) is 18.6 Å². The summed E-state index contributed by atoms with van der Waals surface area (Å²) in [5.74, 6) is 0.629. The van der Waals surface area contributed by atoms with Gasteiger partial charge in [0.15, 0.2) is 0 Å². The van der Waals surface area contributed by atoms with Gasteiger partial charge in [-0.05, 0) is 18.7 Å². The van der Waals surface area contributed by atoms with E-state index in [1.165, 1.54) is 7.11 Å². The van der Waals surface area contributed by atoms with Gasteiger partial charge in [0.1, 0.15) is 5.75 Å². The average molecular weight is 337 g/mol. The molecule has 0 fully saturated rings. The zero-order chi connectivity index (χ0) is 13.6. The van der Waals surface area contributed by atoms with Crippen LogP contribution in [0.2, 0.25) is 0 Å². The van der Waals surface area contributed by atoms with Gasteiger partial charge < -0.3 is 10.1 Å². The van der Waals surface area contributed by atoms with E-state index in [-0.39, 0.29) is 5.75 Å². The Morgan fingerprint density at radius 1 is 1.33 bits per heavy atom. The van der Waals surface area contributed by atoms with E-state index in [1.54, 1.807) is 18.2 Å². The van der Waals surface area contributed by atoms with Gasteiger partial charge in [-0.25, -0.2) is 8.42 Å². The van der Waals surface area contributed by atoms with Crippen molar-refractivity contribution in [3.05, 3.63) is 22.7 Å². The Morgan fingerprint density at radius 3 is 2.67 bits per heavy atom. The Labute approximate surface area is 116 Å². The van der Waals surface area contributed by atoms with Crippen LogP contribution >= 0.6 is 15.9 Å². The topological polar surface area (TPSA) is 67.4 Å². The van der Waals surface area contributed by atoms with Crippen molar-refractivity contribution in [2.75, 3.05) is 30.7 Å². The predicted molar refractivity (Wildman–Crippen MR) is 76.6 cm³/mol. The Hall–Kier alpha value is -0.790. The van der Waals surface area contributed by atoms with Crippen molar-refractivity contribution >= 4 is 31.6 Å². The van der Waals surface area contributed by atoms with Gasteiger partial charge in [0, 0.05) is 17.1 Å². The number of benzene rings is 1. The number of anilines is 1. The Balaban J connectivity index is 2.74. The lowest BCUT2D eigenvalue weighted by Crippen LogP contribution is -2.26. The molecule has 0 aliphatic heterocycles. The second-order valence-corrected chi connectivity index (χ2v) is 6.41. The molecule has 18 heavy (non-hydrogen) atoms. The van der Waals surface area contributed by atoms with Crippen LogP contribution in [0.3, 0.4) is 0 Å². The number of rotatable bonds is 7. The fourth-order valence-corrected chi connectivity index (χ4v) is 2.82. The quantitative estimate of drug-likeness (QED) is 0.745. The van der Waals surface area contributed by atoms with Crippen LogP contribution in [-0.2, 0) is 10.0 Å². The fourth-order valence-electron chi connectivity index (χ4n) is 1.35. The summed E-state index contributed by atoms with van der Waals surface area (Å²) in [6.07, 6.45) is 0. The molecule has 0 aromatic heterocycles. The number of halogens is 1. The van der Waals surface area contributed by atoms with Crippen LogP contribution in [0.1, 0.15) is 6.92 Å². The Kier molecular flexibility index (Phi) is 5.90. The van der Waals surface area contributed by atoms with E-state index in [1.807, 2.05) is 6.92 Å². The highest BCUT2D eigenvalue weighted by atomic mass is 79.9. The van der Waals surface area contributed by atoms with Gasteiger partial charge in [0.25, 0.3) is 0 Å². The Bertz CT molecular complexity index is 491. The third-order valence-corrected chi connectivity index (χ3v) is 3.92. The highest BCUT2D eigenvalue weighted by Crippen LogP contribution is 2.25. The SMILES string of the molecule is CCNCCS(=O)(=O)Nc1cc(Br)cc(OC)c1. The molecule has 0 atom stereocenters. The van der Waals surface area contributed by atoms with Crippen LogP contribution < -0.4 is 14.8 Å². The van der Waals surface area contributed by atoms with Crippen molar-refractivity contribution in [3.63, 3.8) is 0 Å². The van der Waals surface area contributed by atoms with Gasteiger partial charge >= 0.3 is 0 Å². The van der Waals surface area contributed by atoms with Crippen LogP contribution in [0, 0.1) is 0 Å². The van der Waals surface area contributed by atoms with Gasteiger partial charge in [-0.3, -0.25) is 4.72 Å². The smallest absolute Gasteiger partial charge is 0.233 e. The number of ether oxygens (including phenoxy) is 1. The van der Waals surface area contributed by atoms with E-state index in [0.717, 1.165) is 11.0 Å². The lowest BCUT2D eigenvalue weighted by Gasteiger charge is -2.10. The average Bonchev–Trinajstić information content (AvgIpc) is 2.27. The van der Waals surface area contributed by atoms with Crippen molar-refractivity contribution in [1.29, 1.82) is 0 Å². The zero-order valence-corrected chi connectivity index (χ0v) is 12.8. The monoisotopic (exact) mass is 336 g/mol. The van der Waals surface area contributed by atoms with Gasteiger partial charge in [0.2, 0.25) is 10.0 Å². The standard InChI is InChI=1S/C11H17BrN2O3S/c1-3-13-4-5-18(15,16)14-10-6-9(12)7-11(8-10)17-2/h6-8,13-14H,3-5H2,1-2H3. The maximum absolute atomic E-state index is 11.8. The molecule has 0 spiro atoms. The normalized spacial score (nSPS) is 11.3. The molecule has 1 rings (SSSR count). The number of methoxy groups -OCH3 is 1. The molecule has 0 unspecified atom stereocenters. The number of hydrogen-bond donors (Lipinski definition) is 2.